The number of benzene rings is 2. The van der Waals surface area contributed by atoms with Crippen molar-refractivity contribution in [3.05, 3.63) is 90.9 Å². The number of anilines is 1. The first-order valence-corrected chi connectivity index (χ1v) is 11.2. The maximum atomic E-state index is 13.3. The van der Waals surface area contributed by atoms with Crippen LogP contribution in [0.25, 0.3) is 15.9 Å². The summed E-state index contributed by atoms with van der Waals surface area (Å²) in [5, 5.41) is 5.04. The molecule has 2 aromatic carbocycles. The van der Waals surface area contributed by atoms with Gasteiger partial charge in [0.15, 0.2) is 0 Å². The molecule has 2 aromatic heterocycles. The molecule has 0 unspecified atom stereocenters. The first kappa shape index (κ1) is 19.8. The fraction of sp³-hybridized carbons (Fsp3) is 0.174. The minimum absolute atomic E-state index is 0.204. The van der Waals surface area contributed by atoms with Gasteiger partial charge in [0.1, 0.15) is 11.2 Å². The van der Waals surface area contributed by atoms with E-state index in [2.05, 4.69) is 5.32 Å². The van der Waals surface area contributed by atoms with Crippen LogP contribution in [0.4, 0.5) is 5.69 Å². The molecule has 1 aliphatic carbocycles. The van der Waals surface area contributed by atoms with Gasteiger partial charge in [-0.05, 0) is 72.2 Å². The fourth-order valence-corrected chi connectivity index (χ4v) is 5.09. The molecule has 0 saturated heterocycles. The van der Waals surface area contributed by atoms with E-state index in [4.69, 9.17) is 11.6 Å². The molecule has 1 N–H and O–H groups in total. The highest BCUT2D eigenvalue weighted by atomic mass is 35.5. The first-order chi connectivity index (χ1) is 15.0. The molecule has 1 amide bonds. The molecular weight excluding hydrogens is 434 g/mol. The number of rotatable bonds is 4. The summed E-state index contributed by atoms with van der Waals surface area (Å²) < 4.78 is 2.80. The number of aromatic nitrogens is 2. The van der Waals surface area contributed by atoms with Crippen molar-refractivity contribution in [3.8, 4) is 5.69 Å². The maximum Gasteiger partial charge on any atom is 0.336 e. The van der Waals surface area contributed by atoms with Crippen molar-refractivity contribution in [3.63, 3.8) is 0 Å². The molecule has 5 rings (SSSR count). The fourth-order valence-electron chi connectivity index (χ4n) is 4.08. The molecule has 0 fully saturated rings. The quantitative estimate of drug-likeness (QED) is 0.509. The Bertz CT molecular complexity index is 1450. The zero-order valence-corrected chi connectivity index (χ0v) is 18.0. The number of aryl methyl sites for hydroxylation is 2. The third-order valence-corrected chi connectivity index (χ3v) is 6.63. The summed E-state index contributed by atoms with van der Waals surface area (Å²) in [6.45, 7) is -0.204. The molecule has 0 saturated carbocycles. The molecule has 1 aliphatic rings. The van der Waals surface area contributed by atoms with Gasteiger partial charge in [0.25, 0.3) is 5.56 Å². The lowest BCUT2D eigenvalue weighted by Crippen LogP contribution is -2.40. The average Bonchev–Trinajstić information content (AvgIpc) is 3.41. The van der Waals surface area contributed by atoms with Crippen LogP contribution in [0.15, 0.2) is 63.5 Å². The standard InChI is InChI=1S/C23H18ClN3O3S/c24-16-5-2-6-18(12-16)27-22(29)21-19(9-10-31-21)26(23(27)30)13-20(28)25-17-8-7-14-3-1-4-15(14)11-17/h2,5-12H,1,3-4,13H2,(H,25,28). The topological polar surface area (TPSA) is 73.1 Å². The van der Waals surface area contributed by atoms with Gasteiger partial charge in [-0.1, -0.05) is 23.7 Å². The summed E-state index contributed by atoms with van der Waals surface area (Å²) in [7, 11) is 0. The van der Waals surface area contributed by atoms with Crippen LogP contribution in [-0.4, -0.2) is 15.0 Å². The van der Waals surface area contributed by atoms with Crippen LogP contribution < -0.4 is 16.6 Å². The Morgan fingerprint density at radius 3 is 2.74 bits per heavy atom. The van der Waals surface area contributed by atoms with E-state index in [1.54, 1.807) is 35.7 Å². The normalized spacial score (nSPS) is 12.8. The Balaban J connectivity index is 1.54. The number of amides is 1. The van der Waals surface area contributed by atoms with Crippen LogP contribution in [-0.2, 0) is 24.2 Å². The molecule has 6 nitrogen and oxygen atoms in total. The molecule has 4 aromatic rings. The van der Waals surface area contributed by atoms with Gasteiger partial charge in [0.2, 0.25) is 5.91 Å². The van der Waals surface area contributed by atoms with Crippen molar-refractivity contribution in [2.24, 2.45) is 0 Å². The van der Waals surface area contributed by atoms with Crippen molar-refractivity contribution in [2.75, 3.05) is 5.32 Å². The predicted octanol–water partition coefficient (Wildman–Crippen LogP) is 3.99. The Hall–Kier alpha value is -3.16. The summed E-state index contributed by atoms with van der Waals surface area (Å²) >= 11 is 7.30. The Kier molecular flexibility index (Phi) is 5.00. The highest BCUT2D eigenvalue weighted by molar-refractivity contribution is 7.17. The third-order valence-electron chi connectivity index (χ3n) is 5.51. The smallest absolute Gasteiger partial charge is 0.325 e. The number of nitrogens with zero attached hydrogens (tertiary/aromatic N) is 2. The zero-order valence-electron chi connectivity index (χ0n) is 16.4. The summed E-state index contributed by atoms with van der Waals surface area (Å²) in [4.78, 5) is 39.0. The Morgan fingerprint density at radius 2 is 1.90 bits per heavy atom. The summed E-state index contributed by atoms with van der Waals surface area (Å²) in [6, 6.07) is 14.2. The van der Waals surface area contributed by atoms with Crippen LogP contribution in [0.1, 0.15) is 17.5 Å². The maximum absolute atomic E-state index is 13.3. The highest BCUT2D eigenvalue weighted by Gasteiger charge is 2.18. The van der Waals surface area contributed by atoms with Gasteiger partial charge in [-0.25, -0.2) is 9.36 Å². The number of halogens is 1. The summed E-state index contributed by atoms with van der Waals surface area (Å²) in [6.07, 6.45) is 3.21. The van der Waals surface area contributed by atoms with Crippen molar-refractivity contribution in [1.82, 2.24) is 9.13 Å². The van der Waals surface area contributed by atoms with Crippen LogP contribution in [0.3, 0.4) is 0 Å². The van der Waals surface area contributed by atoms with Crippen LogP contribution in [0.2, 0.25) is 5.02 Å². The lowest BCUT2D eigenvalue weighted by atomic mass is 10.1. The number of nitrogens with one attached hydrogen (secondary N) is 1. The minimum Gasteiger partial charge on any atom is -0.325 e. The van der Waals surface area contributed by atoms with Gasteiger partial charge in [0.05, 0.1) is 11.2 Å². The second kappa shape index (κ2) is 7.83. The zero-order chi connectivity index (χ0) is 21.5. The number of hydrogen-bond acceptors (Lipinski definition) is 4. The van der Waals surface area contributed by atoms with Gasteiger partial charge < -0.3 is 5.32 Å². The van der Waals surface area contributed by atoms with Crippen LogP contribution in [0, 0.1) is 0 Å². The summed E-state index contributed by atoms with van der Waals surface area (Å²) in [5.41, 5.74) is 3.10. The predicted molar refractivity (Wildman–Crippen MR) is 124 cm³/mol. The van der Waals surface area contributed by atoms with Gasteiger partial charge >= 0.3 is 5.69 Å². The van der Waals surface area contributed by atoms with Crippen molar-refractivity contribution < 1.29 is 4.79 Å². The lowest BCUT2D eigenvalue weighted by Gasteiger charge is -2.13. The van der Waals surface area contributed by atoms with E-state index in [1.807, 2.05) is 18.2 Å². The second-order valence-electron chi connectivity index (χ2n) is 7.51. The number of carbonyl (C=O) groups excluding carboxylic acids is 1. The number of thiophene rings is 1. The largest absolute Gasteiger partial charge is 0.336 e. The molecule has 0 radical (unpaired) electrons. The Labute approximate surface area is 186 Å². The number of fused-ring (bicyclic) bond motifs is 2. The van der Waals surface area contributed by atoms with Crippen molar-refractivity contribution >= 4 is 44.7 Å². The second-order valence-corrected chi connectivity index (χ2v) is 8.86. The lowest BCUT2D eigenvalue weighted by molar-refractivity contribution is -0.116. The number of hydrogen-bond donors (Lipinski definition) is 1. The first-order valence-electron chi connectivity index (χ1n) is 9.92. The van der Waals surface area contributed by atoms with Crippen LogP contribution in [0.5, 0.6) is 0 Å². The molecule has 0 bridgehead atoms. The monoisotopic (exact) mass is 451 g/mol. The van der Waals surface area contributed by atoms with Crippen molar-refractivity contribution in [2.45, 2.75) is 25.8 Å². The van der Waals surface area contributed by atoms with E-state index >= 15 is 0 Å². The minimum atomic E-state index is -0.581. The molecule has 0 aliphatic heterocycles. The SMILES string of the molecule is O=C(Cn1c(=O)n(-c2cccc(Cl)c2)c(=O)c2sccc21)Nc1ccc2c(c1)CCC2. The number of carbonyl (C=O) groups is 1. The average molecular weight is 452 g/mol. The van der Waals surface area contributed by atoms with E-state index in [1.165, 1.54) is 27.0 Å². The van der Waals surface area contributed by atoms with E-state index < -0.39 is 11.2 Å². The van der Waals surface area contributed by atoms with E-state index in [9.17, 15) is 14.4 Å². The highest BCUT2D eigenvalue weighted by Crippen LogP contribution is 2.25. The molecule has 2 heterocycles. The van der Waals surface area contributed by atoms with E-state index in [0.29, 0.717) is 26.6 Å². The molecule has 8 heteroatoms. The Morgan fingerprint density at radius 1 is 1.06 bits per heavy atom. The molecular formula is C23H18ClN3O3S. The van der Waals surface area contributed by atoms with Gasteiger partial charge in [-0.15, -0.1) is 11.3 Å². The molecule has 0 atom stereocenters. The van der Waals surface area contributed by atoms with Gasteiger partial charge in [0, 0.05) is 10.7 Å². The third kappa shape index (κ3) is 3.60. The van der Waals surface area contributed by atoms with E-state index in [0.717, 1.165) is 23.8 Å². The summed E-state index contributed by atoms with van der Waals surface area (Å²) in [5.74, 6) is -0.330. The van der Waals surface area contributed by atoms with Gasteiger partial charge in [-0.3, -0.25) is 14.2 Å². The molecule has 0 spiro atoms. The van der Waals surface area contributed by atoms with Crippen LogP contribution >= 0.6 is 22.9 Å². The molecule has 156 valence electrons. The molecule has 31 heavy (non-hydrogen) atoms. The van der Waals surface area contributed by atoms with E-state index in [-0.39, 0.29) is 12.5 Å². The van der Waals surface area contributed by atoms with Crippen molar-refractivity contribution in [1.29, 1.82) is 0 Å². The van der Waals surface area contributed by atoms with Gasteiger partial charge in [-0.2, -0.15) is 0 Å².